The average molecular weight is 614 g/mol. The second-order valence-corrected chi connectivity index (χ2v) is 13.9. The highest BCUT2D eigenvalue weighted by Gasteiger charge is 2.56. The maximum absolute atomic E-state index is 14.9. The fourth-order valence-electron chi connectivity index (χ4n) is 6.87. The summed E-state index contributed by atoms with van der Waals surface area (Å²) >= 11 is 0. The summed E-state index contributed by atoms with van der Waals surface area (Å²) in [5.41, 5.74) is -2.77. The van der Waals surface area contributed by atoms with Crippen molar-refractivity contribution in [2.45, 2.75) is 74.9 Å². The minimum atomic E-state index is -5.10. The summed E-state index contributed by atoms with van der Waals surface area (Å²) in [6.07, 6.45) is -3.65. The zero-order valence-electron chi connectivity index (χ0n) is 23.1. The Balaban J connectivity index is 1.49. The van der Waals surface area contributed by atoms with Gasteiger partial charge in [0, 0.05) is 24.9 Å². The highest BCUT2D eigenvalue weighted by Crippen LogP contribution is 2.51. The topological polar surface area (TPSA) is 95.6 Å². The molecule has 3 aliphatic rings. The van der Waals surface area contributed by atoms with Crippen molar-refractivity contribution in [1.29, 1.82) is 0 Å². The van der Waals surface area contributed by atoms with Gasteiger partial charge in [0.1, 0.15) is 5.82 Å². The van der Waals surface area contributed by atoms with Crippen molar-refractivity contribution >= 4 is 21.8 Å². The van der Waals surface area contributed by atoms with E-state index in [1.54, 1.807) is 17.0 Å². The van der Waals surface area contributed by atoms with Crippen molar-refractivity contribution < 1.29 is 40.0 Å². The Bertz CT molecular complexity index is 1500. The summed E-state index contributed by atoms with van der Waals surface area (Å²) in [6.45, 7) is 2.03. The van der Waals surface area contributed by atoms with Crippen LogP contribution in [-0.4, -0.2) is 67.6 Å². The number of hydrogen-bond acceptors (Lipinski definition) is 4. The third kappa shape index (κ3) is 5.47. The first kappa shape index (κ1) is 30.2. The van der Waals surface area contributed by atoms with Gasteiger partial charge in [-0.3, -0.25) is 4.79 Å². The summed E-state index contributed by atoms with van der Waals surface area (Å²) in [5, 5.41) is 5.38. The molecule has 2 fully saturated rings. The smallest absolute Gasteiger partial charge is 0.350 e. The minimum Gasteiger partial charge on any atom is -0.350 e. The molecule has 0 saturated carbocycles. The number of nitrogens with one attached hydrogen (secondary N) is 2. The number of hydrogen-bond donors (Lipinski definition) is 2. The molecule has 1 unspecified atom stereocenters. The van der Waals surface area contributed by atoms with Crippen molar-refractivity contribution in [2.24, 2.45) is 0 Å². The largest absolute Gasteiger partial charge is 0.426 e. The van der Waals surface area contributed by atoms with Crippen molar-refractivity contribution in [1.82, 2.24) is 15.5 Å². The van der Waals surface area contributed by atoms with Gasteiger partial charge in [-0.25, -0.2) is 22.0 Å². The Morgan fingerprint density at radius 1 is 1.02 bits per heavy atom. The number of fused-ring (bicyclic) bond motifs is 3. The number of amides is 3. The zero-order valence-corrected chi connectivity index (χ0v) is 23.9. The molecule has 228 valence electrons. The molecule has 0 spiro atoms. The fraction of sp³-hybridized carbons (Fsp3) is 0.517. The molecule has 2 aromatic rings. The van der Waals surface area contributed by atoms with Gasteiger partial charge in [-0.05, 0) is 67.0 Å². The molecule has 5 rings (SSSR count). The fourth-order valence-corrected chi connectivity index (χ4v) is 8.73. The van der Waals surface area contributed by atoms with Gasteiger partial charge in [-0.1, -0.05) is 30.3 Å². The van der Waals surface area contributed by atoms with Crippen LogP contribution in [0.1, 0.15) is 48.9 Å². The molecule has 7 nitrogen and oxygen atoms in total. The lowest BCUT2D eigenvalue weighted by atomic mass is 9.63. The van der Waals surface area contributed by atoms with Crippen LogP contribution in [0.4, 0.5) is 26.7 Å². The van der Waals surface area contributed by atoms with E-state index in [1.807, 2.05) is 0 Å². The molecule has 1 aliphatic carbocycles. The number of carbonyl (C=O) groups excluding carboxylic acids is 2. The van der Waals surface area contributed by atoms with Gasteiger partial charge in [-0.2, -0.15) is 13.2 Å². The maximum atomic E-state index is 14.9. The molecule has 2 N–H and O–H groups in total. The van der Waals surface area contributed by atoms with Crippen LogP contribution in [0, 0.1) is 5.82 Å². The predicted octanol–water partition coefficient (Wildman–Crippen LogP) is 4.09. The standard InChI is InChI=1S/C29H32F5N3O4S/c1-17(38)35-23-15-42(40,41)16-24(23)36-26(39)37-12-11-28(14-18-3-7-21(30)8-4-18)22-9-6-20(27(2,31)29(32,33)34)13-19(22)5-10-25(28)37/h3-4,6-9,13,23-25H,5,10-12,14-16H2,1-2H3,(H,35,38)(H,36,39)/t23-,24-,25-,27?,28-/m1/s1. The highest BCUT2D eigenvalue weighted by atomic mass is 32.2. The average Bonchev–Trinajstić information content (AvgIpc) is 3.40. The van der Waals surface area contributed by atoms with Crippen LogP contribution in [0.5, 0.6) is 0 Å². The van der Waals surface area contributed by atoms with E-state index in [-0.39, 0.29) is 18.1 Å². The maximum Gasteiger partial charge on any atom is 0.426 e. The van der Waals surface area contributed by atoms with E-state index in [0.29, 0.717) is 43.7 Å². The number of nitrogens with zero attached hydrogens (tertiary/aromatic N) is 1. The van der Waals surface area contributed by atoms with Gasteiger partial charge in [-0.15, -0.1) is 0 Å². The second-order valence-electron chi connectivity index (χ2n) is 11.8. The predicted molar refractivity (Wildman–Crippen MR) is 145 cm³/mol. The molecule has 2 aromatic carbocycles. The number of urea groups is 1. The molecular formula is C29H32F5N3O4S. The normalized spacial score (nSPS) is 28.0. The summed E-state index contributed by atoms with van der Waals surface area (Å²) in [7, 11) is -3.50. The summed E-state index contributed by atoms with van der Waals surface area (Å²) in [6, 6.07) is 7.25. The van der Waals surface area contributed by atoms with Gasteiger partial charge >= 0.3 is 12.2 Å². The van der Waals surface area contributed by atoms with Crippen LogP contribution >= 0.6 is 0 Å². The zero-order chi connectivity index (χ0) is 30.7. The molecule has 13 heteroatoms. The lowest BCUT2D eigenvalue weighted by Gasteiger charge is -2.44. The Kier molecular flexibility index (Phi) is 7.56. The summed E-state index contributed by atoms with van der Waals surface area (Å²) in [5.74, 6) is -1.47. The molecule has 0 bridgehead atoms. The molecule has 0 aromatic heterocycles. The van der Waals surface area contributed by atoms with Crippen LogP contribution in [0.15, 0.2) is 42.5 Å². The first-order valence-electron chi connectivity index (χ1n) is 13.7. The molecular weight excluding hydrogens is 581 g/mol. The van der Waals surface area contributed by atoms with E-state index in [4.69, 9.17) is 0 Å². The van der Waals surface area contributed by atoms with E-state index in [9.17, 15) is 40.0 Å². The van der Waals surface area contributed by atoms with Crippen LogP contribution in [-0.2, 0) is 38.6 Å². The first-order valence-corrected chi connectivity index (χ1v) is 15.5. The van der Waals surface area contributed by atoms with E-state index < -0.39 is 68.5 Å². The quantitative estimate of drug-likeness (QED) is 0.497. The molecule has 2 saturated heterocycles. The van der Waals surface area contributed by atoms with Crippen LogP contribution in [0.25, 0.3) is 0 Å². The summed E-state index contributed by atoms with van der Waals surface area (Å²) in [4.78, 5) is 26.9. The van der Waals surface area contributed by atoms with Gasteiger partial charge in [0.2, 0.25) is 11.6 Å². The van der Waals surface area contributed by atoms with E-state index in [1.165, 1.54) is 31.2 Å². The number of sulfone groups is 1. The molecule has 42 heavy (non-hydrogen) atoms. The molecule has 5 atom stereocenters. The molecule has 2 heterocycles. The SMILES string of the molecule is CC(=O)N[C@@H]1CS(=O)(=O)C[C@H]1NC(=O)N1CC[C@@]2(Cc3ccc(F)cc3)c3ccc(C(C)(F)C(F)(F)F)cc3CC[C@@H]12. The lowest BCUT2D eigenvalue weighted by Crippen LogP contribution is -2.56. The summed E-state index contributed by atoms with van der Waals surface area (Å²) < 4.78 is 93.7. The molecule has 0 radical (unpaired) electrons. The third-order valence-corrected chi connectivity index (χ3v) is 10.7. The second kappa shape index (κ2) is 10.5. The Morgan fingerprint density at radius 2 is 1.67 bits per heavy atom. The van der Waals surface area contributed by atoms with Gasteiger partial charge in [0.25, 0.3) is 0 Å². The lowest BCUT2D eigenvalue weighted by molar-refractivity contribution is -0.228. The Labute approximate surface area is 240 Å². The third-order valence-electron chi connectivity index (χ3n) is 8.96. The minimum absolute atomic E-state index is 0.270. The number of carbonyl (C=O) groups is 2. The van der Waals surface area contributed by atoms with E-state index in [2.05, 4.69) is 10.6 Å². The van der Waals surface area contributed by atoms with E-state index >= 15 is 0 Å². The highest BCUT2D eigenvalue weighted by molar-refractivity contribution is 7.91. The molecule has 3 amide bonds. The van der Waals surface area contributed by atoms with Crippen molar-refractivity contribution in [3.05, 3.63) is 70.5 Å². The van der Waals surface area contributed by atoms with Crippen molar-refractivity contribution in [2.75, 3.05) is 18.1 Å². The Morgan fingerprint density at radius 3 is 2.29 bits per heavy atom. The number of rotatable bonds is 5. The number of likely N-dealkylation sites (tertiary alicyclic amines) is 1. The number of aryl methyl sites for hydroxylation is 1. The Hall–Kier alpha value is -3.22. The van der Waals surface area contributed by atoms with Crippen LogP contribution in [0.2, 0.25) is 0 Å². The number of halogens is 5. The van der Waals surface area contributed by atoms with Crippen molar-refractivity contribution in [3.8, 4) is 0 Å². The van der Waals surface area contributed by atoms with Crippen LogP contribution in [0.3, 0.4) is 0 Å². The van der Waals surface area contributed by atoms with Crippen molar-refractivity contribution in [3.63, 3.8) is 0 Å². The van der Waals surface area contributed by atoms with Gasteiger partial charge < -0.3 is 15.5 Å². The van der Waals surface area contributed by atoms with Gasteiger partial charge in [0.05, 0.1) is 23.6 Å². The monoisotopic (exact) mass is 613 g/mol. The molecule has 2 aliphatic heterocycles. The van der Waals surface area contributed by atoms with Crippen LogP contribution < -0.4 is 10.6 Å². The number of alkyl halides is 4. The van der Waals surface area contributed by atoms with Gasteiger partial charge in [0.15, 0.2) is 9.84 Å². The van der Waals surface area contributed by atoms with E-state index in [0.717, 1.165) is 11.6 Å². The first-order chi connectivity index (χ1) is 19.5. The number of benzene rings is 2.